The van der Waals surface area contributed by atoms with Crippen molar-refractivity contribution in [3.8, 4) is 0 Å². The van der Waals surface area contributed by atoms with Crippen molar-refractivity contribution in [2.45, 2.75) is 13.0 Å². The van der Waals surface area contributed by atoms with Gasteiger partial charge in [-0.1, -0.05) is 55.5 Å². The fraction of sp³-hybridized carbons (Fsp3) is 0.235. The van der Waals surface area contributed by atoms with Crippen LogP contribution in [0.2, 0.25) is 0 Å². The van der Waals surface area contributed by atoms with Gasteiger partial charge < -0.3 is 9.84 Å². The molecule has 0 unspecified atom stereocenters. The number of rotatable bonds is 5. The summed E-state index contributed by atoms with van der Waals surface area (Å²) < 4.78 is 5.23. The summed E-state index contributed by atoms with van der Waals surface area (Å²) in [6, 6.07) is 18.2. The molecule has 0 saturated carbocycles. The minimum atomic E-state index is -0.639. The van der Waals surface area contributed by atoms with Gasteiger partial charge in [-0.05, 0) is 17.7 Å². The van der Waals surface area contributed by atoms with Crippen molar-refractivity contribution < 1.29 is 14.6 Å². The van der Waals surface area contributed by atoms with Crippen LogP contribution in [0.5, 0.6) is 0 Å². The summed E-state index contributed by atoms with van der Waals surface area (Å²) in [6.07, 6.45) is -0.639. The average molecular weight is 270 g/mol. The van der Waals surface area contributed by atoms with E-state index >= 15 is 0 Å². The minimum absolute atomic E-state index is 0.162. The predicted octanol–water partition coefficient (Wildman–Crippen LogP) is 3.21. The molecule has 0 fully saturated rings. The maximum absolute atomic E-state index is 11.8. The summed E-state index contributed by atoms with van der Waals surface area (Å²) in [7, 11) is 0. The number of hydrogen-bond donors (Lipinski definition) is 1. The van der Waals surface area contributed by atoms with Crippen LogP contribution in [0, 0.1) is 5.92 Å². The molecular formula is C17H18O3. The van der Waals surface area contributed by atoms with E-state index in [1.165, 1.54) is 0 Å². The van der Waals surface area contributed by atoms with Crippen LogP contribution in [0.3, 0.4) is 0 Å². The van der Waals surface area contributed by atoms with Crippen molar-refractivity contribution in [3.63, 3.8) is 0 Å². The highest BCUT2D eigenvalue weighted by Gasteiger charge is 2.18. The van der Waals surface area contributed by atoms with Crippen LogP contribution in [-0.2, 0) is 4.74 Å². The number of carbonyl (C=O) groups is 1. The van der Waals surface area contributed by atoms with Crippen LogP contribution in [0.4, 0.5) is 0 Å². The van der Waals surface area contributed by atoms with Crippen molar-refractivity contribution in [1.29, 1.82) is 0 Å². The molecule has 0 amide bonds. The van der Waals surface area contributed by atoms with E-state index in [4.69, 9.17) is 4.74 Å². The fourth-order valence-corrected chi connectivity index (χ4v) is 1.93. The highest BCUT2D eigenvalue weighted by atomic mass is 16.5. The Hall–Kier alpha value is -2.13. The van der Waals surface area contributed by atoms with Gasteiger partial charge in [0, 0.05) is 5.92 Å². The van der Waals surface area contributed by atoms with E-state index in [-0.39, 0.29) is 18.5 Å². The summed E-state index contributed by atoms with van der Waals surface area (Å²) in [5.74, 6) is -0.525. The highest BCUT2D eigenvalue weighted by Crippen LogP contribution is 2.21. The van der Waals surface area contributed by atoms with Gasteiger partial charge >= 0.3 is 5.97 Å². The molecule has 0 aliphatic rings. The Bertz CT molecular complexity index is 537. The lowest BCUT2D eigenvalue weighted by Gasteiger charge is -2.19. The molecule has 0 saturated heterocycles. The zero-order chi connectivity index (χ0) is 14.4. The lowest BCUT2D eigenvalue weighted by molar-refractivity contribution is 0.0263. The Morgan fingerprint density at radius 1 is 1.05 bits per heavy atom. The zero-order valence-corrected chi connectivity index (χ0v) is 11.4. The smallest absolute Gasteiger partial charge is 0.338 e. The van der Waals surface area contributed by atoms with Gasteiger partial charge in [0.2, 0.25) is 0 Å². The molecule has 3 nitrogen and oxygen atoms in total. The van der Waals surface area contributed by atoms with Crippen molar-refractivity contribution in [2.24, 2.45) is 5.92 Å². The number of hydrogen-bond acceptors (Lipinski definition) is 3. The summed E-state index contributed by atoms with van der Waals surface area (Å²) in [6.45, 7) is 2.04. The molecule has 104 valence electrons. The molecule has 0 aromatic heterocycles. The van der Waals surface area contributed by atoms with Gasteiger partial charge in [0.25, 0.3) is 0 Å². The van der Waals surface area contributed by atoms with Gasteiger partial charge in [0.15, 0.2) is 0 Å². The summed E-state index contributed by atoms with van der Waals surface area (Å²) in [5, 5.41) is 10.2. The Morgan fingerprint density at radius 3 is 2.20 bits per heavy atom. The van der Waals surface area contributed by atoms with Gasteiger partial charge in [-0.3, -0.25) is 0 Å². The first-order valence-corrected chi connectivity index (χ1v) is 6.63. The van der Waals surface area contributed by atoms with Crippen LogP contribution < -0.4 is 0 Å². The molecule has 2 aromatic rings. The van der Waals surface area contributed by atoms with Crippen LogP contribution in [0.15, 0.2) is 60.7 Å². The van der Waals surface area contributed by atoms with Gasteiger partial charge in [0.1, 0.15) is 0 Å². The monoisotopic (exact) mass is 270 g/mol. The van der Waals surface area contributed by atoms with E-state index in [1.54, 1.807) is 24.3 Å². The largest absolute Gasteiger partial charge is 0.462 e. The average Bonchev–Trinajstić information content (AvgIpc) is 2.53. The molecule has 2 aromatic carbocycles. The normalized spacial score (nSPS) is 13.5. The SMILES string of the molecule is C[C@@H](COC(=O)c1ccccc1)[C@@H](O)c1ccccc1. The lowest BCUT2D eigenvalue weighted by Crippen LogP contribution is -2.18. The molecular weight excluding hydrogens is 252 g/mol. The topological polar surface area (TPSA) is 46.5 Å². The fourth-order valence-electron chi connectivity index (χ4n) is 1.93. The van der Waals surface area contributed by atoms with E-state index < -0.39 is 6.10 Å². The van der Waals surface area contributed by atoms with Crippen LogP contribution >= 0.6 is 0 Å². The van der Waals surface area contributed by atoms with E-state index in [0.29, 0.717) is 5.56 Å². The van der Waals surface area contributed by atoms with Crippen LogP contribution in [0.25, 0.3) is 0 Å². The predicted molar refractivity (Wildman–Crippen MR) is 77.3 cm³/mol. The standard InChI is InChI=1S/C17H18O3/c1-13(16(18)14-8-4-2-5-9-14)12-20-17(19)15-10-6-3-7-11-15/h2-11,13,16,18H,12H2,1H3/t13-,16+/m0/s1. The molecule has 0 aliphatic heterocycles. The molecule has 2 atom stereocenters. The van der Waals surface area contributed by atoms with Crippen molar-refractivity contribution in [1.82, 2.24) is 0 Å². The zero-order valence-electron chi connectivity index (χ0n) is 11.4. The second kappa shape index (κ2) is 6.87. The van der Waals surface area contributed by atoms with E-state index in [2.05, 4.69) is 0 Å². The van der Waals surface area contributed by atoms with E-state index in [9.17, 15) is 9.90 Å². The third-order valence-electron chi connectivity index (χ3n) is 3.17. The van der Waals surface area contributed by atoms with Gasteiger partial charge in [-0.2, -0.15) is 0 Å². The second-order valence-electron chi connectivity index (χ2n) is 4.80. The Morgan fingerprint density at radius 2 is 1.60 bits per heavy atom. The number of aliphatic hydroxyl groups is 1. The molecule has 0 radical (unpaired) electrons. The van der Waals surface area contributed by atoms with Crippen molar-refractivity contribution in [2.75, 3.05) is 6.61 Å². The second-order valence-corrected chi connectivity index (χ2v) is 4.80. The maximum atomic E-state index is 11.8. The Kier molecular flexibility index (Phi) is 4.91. The third kappa shape index (κ3) is 3.68. The van der Waals surface area contributed by atoms with Gasteiger partial charge in [0.05, 0.1) is 18.3 Å². The molecule has 1 N–H and O–H groups in total. The lowest BCUT2D eigenvalue weighted by atomic mass is 9.98. The van der Waals surface area contributed by atoms with Crippen LogP contribution in [0.1, 0.15) is 28.9 Å². The molecule has 0 heterocycles. The van der Waals surface area contributed by atoms with Gasteiger partial charge in [-0.15, -0.1) is 0 Å². The summed E-state index contributed by atoms with van der Waals surface area (Å²) in [5.41, 5.74) is 1.35. The number of benzene rings is 2. The number of ether oxygens (including phenoxy) is 1. The van der Waals surface area contributed by atoms with Crippen molar-refractivity contribution >= 4 is 5.97 Å². The Labute approximate surface area is 118 Å². The molecule has 0 aliphatic carbocycles. The molecule has 3 heteroatoms. The van der Waals surface area contributed by atoms with E-state index in [0.717, 1.165) is 5.56 Å². The van der Waals surface area contributed by atoms with Crippen molar-refractivity contribution in [3.05, 3.63) is 71.8 Å². The Balaban J connectivity index is 1.89. The van der Waals surface area contributed by atoms with E-state index in [1.807, 2.05) is 43.3 Å². The molecule has 0 spiro atoms. The first kappa shape index (κ1) is 14.3. The highest BCUT2D eigenvalue weighted by molar-refractivity contribution is 5.89. The quantitative estimate of drug-likeness (QED) is 0.849. The number of carbonyl (C=O) groups excluding carboxylic acids is 1. The molecule has 2 rings (SSSR count). The van der Waals surface area contributed by atoms with Crippen LogP contribution in [-0.4, -0.2) is 17.7 Å². The summed E-state index contributed by atoms with van der Waals surface area (Å²) >= 11 is 0. The number of aliphatic hydroxyl groups excluding tert-OH is 1. The summed E-state index contributed by atoms with van der Waals surface area (Å²) in [4.78, 5) is 11.8. The first-order valence-electron chi connectivity index (χ1n) is 6.63. The van der Waals surface area contributed by atoms with Gasteiger partial charge in [-0.25, -0.2) is 4.79 Å². The maximum Gasteiger partial charge on any atom is 0.338 e. The molecule has 0 bridgehead atoms. The third-order valence-corrected chi connectivity index (χ3v) is 3.17. The number of esters is 1. The first-order chi connectivity index (χ1) is 9.68. The minimum Gasteiger partial charge on any atom is -0.462 e. The molecule has 20 heavy (non-hydrogen) atoms.